The fourth-order valence-corrected chi connectivity index (χ4v) is 4.48. The normalized spacial score (nSPS) is 23.8. The molecule has 3 aromatic rings. The summed E-state index contributed by atoms with van der Waals surface area (Å²) in [5.74, 6) is 0.150. The third-order valence-electron chi connectivity index (χ3n) is 6.27. The van der Waals surface area contributed by atoms with Gasteiger partial charge in [-0.3, -0.25) is 4.79 Å². The van der Waals surface area contributed by atoms with E-state index in [0.717, 1.165) is 35.0 Å². The van der Waals surface area contributed by atoms with Crippen molar-refractivity contribution in [3.63, 3.8) is 0 Å². The maximum atomic E-state index is 13.7. The first-order valence-electron chi connectivity index (χ1n) is 11.1. The molecule has 1 saturated carbocycles. The second-order valence-electron chi connectivity index (χ2n) is 8.79. The van der Waals surface area contributed by atoms with Crippen molar-refractivity contribution in [2.75, 3.05) is 0 Å². The predicted molar refractivity (Wildman–Crippen MR) is 121 cm³/mol. The van der Waals surface area contributed by atoms with Gasteiger partial charge in [-0.1, -0.05) is 36.4 Å². The van der Waals surface area contributed by atoms with Crippen molar-refractivity contribution >= 4 is 16.8 Å². The van der Waals surface area contributed by atoms with Crippen molar-refractivity contribution in [3.8, 4) is 11.1 Å². The van der Waals surface area contributed by atoms with Crippen LogP contribution in [0.3, 0.4) is 0 Å². The summed E-state index contributed by atoms with van der Waals surface area (Å²) < 4.78 is 21.0. The molecule has 5 nitrogen and oxygen atoms in total. The molecule has 1 aliphatic carbocycles. The first-order valence-corrected chi connectivity index (χ1v) is 11.1. The number of hydrogen-bond acceptors (Lipinski definition) is 4. The van der Waals surface area contributed by atoms with E-state index in [9.17, 15) is 19.4 Å². The first-order chi connectivity index (χ1) is 15.5. The van der Waals surface area contributed by atoms with Crippen LogP contribution in [-0.2, 0) is 11.3 Å². The van der Waals surface area contributed by atoms with Crippen LogP contribution in [0.4, 0.5) is 4.39 Å². The zero-order chi connectivity index (χ0) is 22.2. The first kappa shape index (κ1) is 21.1. The number of fused-ring (bicyclic) bond motifs is 1. The van der Waals surface area contributed by atoms with Crippen LogP contribution in [0.1, 0.15) is 31.4 Å². The molecule has 166 valence electrons. The number of rotatable bonds is 5. The quantitative estimate of drug-likeness (QED) is 0.633. The Morgan fingerprint density at radius 1 is 1.03 bits per heavy atom. The lowest BCUT2D eigenvalue weighted by Gasteiger charge is -2.28. The Labute approximate surface area is 185 Å². The highest BCUT2D eigenvalue weighted by Crippen LogP contribution is 2.35. The maximum Gasteiger partial charge on any atom is 0.258 e. The van der Waals surface area contributed by atoms with E-state index in [4.69, 9.17) is 4.74 Å². The molecule has 2 fully saturated rings. The lowest BCUT2D eigenvalue weighted by molar-refractivity contribution is -0.175. The van der Waals surface area contributed by atoms with Gasteiger partial charge in [-0.25, -0.2) is 4.39 Å². The molecule has 3 atom stereocenters. The van der Waals surface area contributed by atoms with Gasteiger partial charge in [-0.15, -0.1) is 0 Å². The highest BCUT2D eigenvalue weighted by molar-refractivity contribution is 5.99. The van der Waals surface area contributed by atoms with Crippen molar-refractivity contribution in [2.24, 2.45) is 5.92 Å². The van der Waals surface area contributed by atoms with Crippen LogP contribution in [0.2, 0.25) is 0 Å². The summed E-state index contributed by atoms with van der Waals surface area (Å²) in [5.41, 5.74) is 2.35. The highest BCUT2D eigenvalue weighted by atomic mass is 19.1. The average molecular weight is 435 g/mol. The fourth-order valence-electron chi connectivity index (χ4n) is 4.48. The number of ether oxygens (including phenoxy) is 1. The largest absolute Gasteiger partial charge is 0.393 e. The Morgan fingerprint density at radius 3 is 2.44 bits per heavy atom. The summed E-state index contributed by atoms with van der Waals surface area (Å²) in [6.07, 6.45) is 4.27. The van der Waals surface area contributed by atoms with Crippen molar-refractivity contribution in [1.82, 2.24) is 4.57 Å². The van der Waals surface area contributed by atoms with E-state index in [2.05, 4.69) is 0 Å². The smallest absolute Gasteiger partial charge is 0.258 e. The fraction of sp³-hybridized carbons (Fsp3) is 0.346. The van der Waals surface area contributed by atoms with E-state index in [1.165, 1.54) is 12.1 Å². The molecular formula is C26H26FNO4. The van der Waals surface area contributed by atoms with Crippen LogP contribution >= 0.6 is 0 Å². The lowest BCUT2D eigenvalue weighted by Crippen LogP contribution is -2.34. The van der Waals surface area contributed by atoms with Crippen LogP contribution in [0.25, 0.3) is 28.0 Å². The Hall–Kier alpha value is -2.80. The zero-order valence-corrected chi connectivity index (χ0v) is 17.7. The zero-order valence-electron chi connectivity index (χ0n) is 17.7. The summed E-state index contributed by atoms with van der Waals surface area (Å²) in [7, 11) is 0. The average Bonchev–Trinajstić information content (AvgIpc) is 3.59. The topological polar surface area (TPSA) is 71.7 Å². The van der Waals surface area contributed by atoms with Gasteiger partial charge in [0, 0.05) is 30.3 Å². The van der Waals surface area contributed by atoms with Gasteiger partial charge in [0.25, 0.3) is 5.56 Å². The van der Waals surface area contributed by atoms with E-state index in [1.54, 1.807) is 18.2 Å². The van der Waals surface area contributed by atoms with Crippen molar-refractivity contribution < 1.29 is 19.3 Å². The lowest BCUT2D eigenvalue weighted by atomic mass is 9.95. The van der Waals surface area contributed by atoms with Gasteiger partial charge in [0.05, 0.1) is 17.9 Å². The molecule has 2 aliphatic rings. The van der Waals surface area contributed by atoms with Gasteiger partial charge >= 0.3 is 0 Å². The number of pyridine rings is 1. The Morgan fingerprint density at radius 2 is 1.75 bits per heavy atom. The van der Waals surface area contributed by atoms with E-state index < -0.39 is 18.5 Å². The molecule has 0 spiro atoms. The second kappa shape index (κ2) is 8.62. The number of nitrogens with zero attached hydrogens (tertiary/aromatic N) is 1. The molecule has 1 aromatic heterocycles. The van der Waals surface area contributed by atoms with E-state index in [0.29, 0.717) is 24.3 Å². The molecule has 6 heteroatoms. The molecule has 1 unspecified atom stereocenters. The van der Waals surface area contributed by atoms with Crippen molar-refractivity contribution in [2.45, 2.75) is 50.7 Å². The minimum Gasteiger partial charge on any atom is -0.393 e. The molecule has 32 heavy (non-hydrogen) atoms. The monoisotopic (exact) mass is 435 g/mol. The summed E-state index contributed by atoms with van der Waals surface area (Å²) in [6, 6.07) is 13.8. The summed E-state index contributed by atoms with van der Waals surface area (Å²) in [4.78, 5) is 13.5. The van der Waals surface area contributed by atoms with Gasteiger partial charge in [0.15, 0.2) is 6.29 Å². The molecule has 1 aliphatic heterocycles. The minimum atomic E-state index is -1.02. The van der Waals surface area contributed by atoms with Crippen molar-refractivity contribution in [3.05, 3.63) is 76.5 Å². The van der Waals surface area contributed by atoms with Crippen LogP contribution in [0.5, 0.6) is 0 Å². The van der Waals surface area contributed by atoms with Gasteiger partial charge < -0.3 is 19.5 Å². The summed E-state index contributed by atoms with van der Waals surface area (Å²) in [6.45, 7) is 0.619. The number of aromatic nitrogens is 1. The van der Waals surface area contributed by atoms with Gasteiger partial charge in [0.2, 0.25) is 0 Å². The highest BCUT2D eigenvalue weighted by Gasteiger charge is 2.27. The van der Waals surface area contributed by atoms with Crippen LogP contribution < -0.4 is 5.56 Å². The SMILES string of the molecule is O=c1c2ccccc2c(-c2ccc(F)cc2)c(C=C[C@@H]2C[C@@H](O)CC(O)O2)n1CC1CC1. The van der Waals surface area contributed by atoms with Crippen LogP contribution in [0, 0.1) is 11.7 Å². The Bertz CT molecular complexity index is 1200. The predicted octanol–water partition coefficient (Wildman–Crippen LogP) is 4.09. The molecular weight excluding hydrogens is 409 g/mol. The van der Waals surface area contributed by atoms with E-state index >= 15 is 0 Å². The maximum absolute atomic E-state index is 13.7. The molecule has 0 bridgehead atoms. The molecule has 0 radical (unpaired) electrons. The standard InChI is InChI=1S/C26H26FNO4/c27-18-9-7-17(8-10-18)25-21-3-1-2-4-22(21)26(31)28(15-16-5-6-16)23(25)12-11-20-13-19(29)14-24(30)32-20/h1-4,7-12,16,19-20,24,29-30H,5-6,13-15H2/t19-,20-,24?/m1/s1. The van der Waals surface area contributed by atoms with Crippen molar-refractivity contribution in [1.29, 1.82) is 0 Å². The molecule has 1 saturated heterocycles. The van der Waals surface area contributed by atoms with Crippen LogP contribution in [0.15, 0.2) is 59.4 Å². The molecule has 5 rings (SSSR count). The van der Waals surface area contributed by atoms with E-state index in [1.807, 2.05) is 34.9 Å². The van der Waals surface area contributed by atoms with Gasteiger partial charge in [0.1, 0.15) is 5.82 Å². The number of aliphatic hydroxyl groups excluding tert-OH is 2. The Balaban J connectivity index is 1.71. The number of aliphatic hydroxyl groups is 2. The second-order valence-corrected chi connectivity index (χ2v) is 8.79. The molecule has 0 amide bonds. The molecule has 2 aromatic carbocycles. The van der Waals surface area contributed by atoms with Gasteiger partial charge in [-0.2, -0.15) is 0 Å². The third-order valence-corrected chi connectivity index (χ3v) is 6.27. The molecule has 2 N–H and O–H groups in total. The number of halogens is 1. The minimum absolute atomic E-state index is 0.0531. The number of benzene rings is 2. The summed E-state index contributed by atoms with van der Waals surface area (Å²) in [5, 5.41) is 21.3. The Kier molecular flexibility index (Phi) is 5.67. The summed E-state index contributed by atoms with van der Waals surface area (Å²) >= 11 is 0. The van der Waals surface area contributed by atoms with Gasteiger partial charge in [-0.05, 0) is 54.0 Å². The van der Waals surface area contributed by atoms with E-state index in [-0.39, 0.29) is 17.8 Å². The third kappa shape index (κ3) is 4.26. The molecule has 2 heterocycles. The van der Waals surface area contributed by atoms with Crippen LogP contribution in [-0.4, -0.2) is 33.3 Å². The number of hydrogen-bond donors (Lipinski definition) is 2.